The van der Waals surface area contributed by atoms with Gasteiger partial charge in [0, 0.05) is 12.4 Å². The van der Waals surface area contributed by atoms with E-state index in [0.29, 0.717) is 23.3 Å². The highest BCUT2D eigenvalue weighted by Gasteiger charge is 2.18. The first-order chi connectivity index (χ1) is 15.5. The van der Waals surface area contributed by atoms with Gasteiger partial charge in [-0.05, 0) is 41.3 Å². The van der Waals surface area contributed by atoms with Gasteiger partial charge in [-0.15, -0.1) is 0 Å². The summed E-state index contributed by atoms with van der Waals surface area (Å²) in [4.78, 5) is 24.4. The van der Waals surface area contributed by atoms with Gasteiger partial charge in [-0.2, -0.15) is 5.10 Å². The molecule has 1 N–H and O–H groups in total. The number of imidazole rings is 1. The maximum absolute atomic E-state index is 14.7. The lowest BCUT2D eigenvalue weighted by atomic mass is 9.96. The van der Waals surface area contributed by atoms with Gasteiger partial charge in [0.2, 0.25) is 0 Å². The molecule has 0 saturated carbocycles. The van der Waals surface area contributed by atoms with Gasteiger partial charge < -0.3 is 4.98 Å². The number of aromatic nitrogens is 6. The zero-order valence-corrected chi connectivity index (χ0v) is 17.7. The van der Waals surface area contributed by atoms with E-state index in [4.69, 9.17) is 0 Å². The summed E-state index contributed by atoms with van der Waals surface area (Å²) >= 11 is 0. The number of aromatic amines is 1. The fourth-order valence-electron chi connectivity index (χ4n) is 3.83. The minimum Gasteiger partial charge on any atom is -0.303 e. The molecule has 7 nitrogen and oxygen atoms in total. The smallest absolute Gasteiger partial charge is 0.303 e. The normalized spacial score (nSPS) is 11.5. The first-order valence-corrected chi connectivity index (χ1v) is 10.3. The van der Waals surface area contributed by atoms with E-state index in [9.17, 15) is 9.18 Å². The van der Waals surface area contributed by atoms with E-state index in [-0.39, 0.29) is 23.2 Å². The predicted octanol–water partition coefficient (Wildman–Crippen LogP) is 4.28. The summed E-state index contributed by atoms with van der Waals surface area (Å²) in [6.45, 7) is 4.31. The van der Waals surface area contributed by atoms with Gasteiger partial charge in [0.25, 0.3) is 0 Å². The second-order valence-electron chi connectivity index (χ2n) is 7.92. The largest absolute Gasteiger partial charge is 0.328 e. The molecule has 2 aromatic carbocycles. The number of H-pyrrole nitrogens is 1. The van der Waals surface area contributed by atoms with Gasteiger partial charge in [0.05, 0.1) is 24.0 Å². The predicted molar refractivity (Wildman–Crippen MR) is 120 cm³/mol. The van der Waals surface area contributed by atoms with E-state index in [0.717, 1.165) is 16.8 Å². The fourth-order valence-corrected chi connectivity index (χ4v) is 3.83. The molecule has 3 aromatic heterocycles. The number of nitrogens with one attached hydrogen (secondary N) is 1. The van der Waals surface area contributed by atoms with Gasteiger partial charge in [-0.25, -0.2) is 23.8 Å². The Bertz CT molecular complexity index is 1450. The van der Waals surface area contributed by atoms with Crippen molar-refractivity contribution in [2.45, 2.75) is 26.3 Å². The van der Waals surface area contributed by atoms with Crippen molar-refractivity contribution in [1.82, 2.24) is 29.3 Å². The lowest BCUT2D eigenvalue weighted by Crippen LogP contribution is -2.18. The highest BCUT2D eigenvalue weighted by molar-refractivity contribution is 5.74. The van der Waals surface area contributed by atoms with Gasteiger partial charge >= 0.3 is 5.69 Å². The Labute approximate surface area is 183 Å². The van der Waals surface area contributed by atoms with Crippen LogP contribution in [-0.4, -0.2) is 29.3 Å². The summed E-state index contributed by atoms with van der Waals surface area (Å²) in [6, 6.07) is 14.6. The Morgan fingerprint density at radius 3 is 2.62 bits per heavy atom. The zero-order valence-electron chi connectivity index (χ0n) is 17.7. The lowest BCUT2D eigenvalue weighted by molar-refractivity contribution is 0.626. The first kappa shape index (κ1) is 19.9. The Hall–Kier alpha value is -4.07. The molecule has 5 rings (SSSR count). The minimum absolute atomic E-state index is 0.0988. The molecule has 0 spiro atoms. The van der Waals surface area contributed by atoms with Crippen LogP contribution in [0.3, 0.4) is 0 Å². The van der Waals surface area contributed by atoms with Crippen molar-refractivity contribution in [2.75, 3.05) is 0 Å². The van der Waals surface area contributed by atoms with Crippen LogP contribution < -0.4 is 5.69 Å². The molecule has 0 bridgehead atoms. The SMILES string of the molecule is CC(C)c1cccc(F)c1-c1ncc2[nH]c(=O)n(Cc3ccc(-n4cccn4)cc3)c2n1. The molecule has 0 saturated heterocycles. The summed E-state index contributed by atoms with van der Waals surface area (Å²) in [6.07, 6.45) is 5.12. The number of fused-ring (bicyclic) bond motifs is 1. The van der Waals surface area contributed by atoms with Crippen molar-refractivity contribution in [3.05, 3.63) is 94.5 Å². The van der Waals surface area contributed by atoms with E-state index >= 15 is 0 Å². The van der Waals surface area contributed by atoms with Crippen LogP contribution in [0.4, 0.5) is 4.39 Å². The van der Waals surface area contributed by atoms with E-state index in [2.05, 4.69) is 20.1 Å². The number of halogens is 1. The Kier molecular flexibility index (Phi) is 4.89. The lowest BCUT2D eigenvalue weighted by Gasteiger charge is -2.12. The fraction of sp³-hybridized carbons (Fsp3) is 0.167. The zero-order chi connectivity index (χ0) is 22.2. The quantitative estimate of drug-likeness (QED) is 0.453. The van der Waals surface area contributed by atoms with Crippen molar-refractivity contribution < 1.29 is 4.39 Å². The van der Waals surface area contributed by atoms with Crippen molar-refractivity contribution >= 4 is 11.2 Å². The third-order valence-electron chi connectivity index (χ3n) is 5.45. The van der Waals surface area contributed by atoms with Gasteiger partial charge in [-0.3, -0.25) is 4.57 Å². The molecule has 0 aliphatic rings. The van der Waals surface area contributed by atoms with Crippen LogP contribution in [0, 0.1) is 5.82 Å². The average molecular weight is 428 g/mol. The molecule has 0 radical (unpaired) electrons. The summed E-state index contributed by atoms with van der Waals surface area (Å²) in [5.41, 5.74) is 3.70. The second kappa shape index (κ2) is 7.88. The standard InChI is InChI=1S/C24H21FN6O/c1-15(2)18-5-3-6-19(25)21(18)22-26-13-20-23(29-22)30(24(32)28-20)14-16-7-9-17(10-8-16)31-12-4-11-27-31/h3-13,15H,14H2,1-2H3,(H,28,32). The summed E-state index contributed by atoms with van der Waals surface area (Å²) < 4.78 is 18.0. The molecular weight excluding hydrogens is 407 g/mol. The number of benzene rings is 2. The van der Waals surface area contributed by atoms with Crippen LogP contribution >= 0.6 is 0 Å². The topological polar surface area (TPSA) is 81.4 Å². The molecule has 0 amide bonds. The Morgan fingerprint density at radius 2 is 1.91 bits per heavy atom. The van der Waals surface area contributed by atoms with Crippen molar-refractivity contribution in [3.63, 3.8) is 0 Å². The number of rotatable bonds is 5. The molecule has 0 aliphatic heterocycles. The minimum atomic E-state index is -0.380. The van der Waals surface area contributed by atoms with Crippen LogP contribution in [0.15, 0.2) is 71.9 Å². The Morgan fingerprint density at radius 1 is 1.09 bits per heavy atom. The van der Waals surface area contributed by atoms with Crippen LogP contribution in [0.25, 0.3) is 28.2 Å². The van der Waals surface area contributed by atoms with Crippen LogP contribution in [-0.2, 0) is 6.54 Å². The highest BCUT2D eigenvalue weighted by atomic mass is 19.1. The average Bonchev–Trinajstić information content (AvgIpc) is 3.42. The second-order valence-corrected chi connectivity index (χ2v) is 7.92. The monoisotopic (exact) mass is 428 g/mol. The Balaban J connectivity index is 1.55. The third kappa shape index (κ3) is 3.49. The number of hydrogen-bond donors (Lipinski definition) is 1. The maximum Gasteiger partial charge on any atom is 0.328 e. The van der Waals surface area contributed by atoms with Gasteiger partial charge in [-0.1, -0.05) is 38.1 Å². The van der Waals surface area contributed by atoms with Crippen molar-refractivity contribution in [3.8, 4) is 17.1 Å². The molecule has 0 aliphatic carbocycles. The van der Waals surface area contributed by atoms with E-state index in [1.54, 1.807) is 21.5 Å². The van der Waals surface area contributed by atoms with Gasteiger partial charge in [0.1, 0.15) is 11.3 Å². The molecule has 5 aromatic rings. The van der Waals surface area contributed by atoms with E-state index < -0.39 is 0 Å². The van der Waals surface area contributed by atoms with Crippen molar-refractivity contribution in [1.29, 1.82) is 0 Å². The third-order valence-corrected chi connectivity index (χ3v) is 5.45. The van der Waals surface area contributed by atoms with Gasteiger partial charge in [0.15, 0.2) is 11.5 Å². The molecule has 0 atom stereocenters. The van der Waals surface area contributed by atoms with Crippen LogP contribution in [0.1, 0.15) is 30.9 Å². The molecule has 8 heteroatoms. The van der Waals surface area contributed by atoms with E-state index in [1.165, 1.54) is 12.3 Å². The highest BCUT2D eigenvalue weighted by Crippen LogP contribution is 2.30. The molecular formula is C24H21FN6O. The number of hydrogen-bond acceptors (Lipinski definition) is 4. The molecule has 0 fully saturated rings. The first-order valence-electron chi connectivity index (χ1n) is 10.3. The number of nitrogens with zero attached hydrogens (tertiary/aromatic N) is 5. The van der Waals surface area contributed by atoms with Crippen LogP contribution in [0.2, 0.25) is 0 Å². The maximum atomic E-state index is 14.7. The summed E-state index contributed by atoms with van der Waals surface area (Å²) in [5, 5.41) is 4.22. The molecule has 32 heavy (non-hydrogen) atoms. The summed E-state index contributed by atoms with van der Waals surface area (Å²) in [5.74, 6) is -0.0167. The van der Waals surface area contributed by atoms with E-state index in [1.807, 2.05) is 56.4 Å². The summed E-state index contributed by atoms with van der Waals surface area (Å²) in [7, 11) is 0. The molecule has 0 unspecified atom stereocenters. The van der Waals surface area contributed by atoms with Crippen LogP contribution in [0.5, 0.6) is 0 Å². The van der Waals surface area contributed by atoms with Crippen molar-refractivity contribution in [2.24, 2.45) is 0 Å². The molecule has 3 heterocycles. The molecule has 160 valence electrons.